The molecule has 0 bridgehead atoms. The SMILES string of the molecule is Cc1cc(Nc2cccc(S(=O)(=O)C(C)Cl)c2)c2ncnc(C=O)c2c1. The number of aromatic nitrogens is 2. The van der Waals surface area contributed by atoms with Gasteiger partial charge in [0.1, 0.15) is 16.7 Å². The first kappa shape index (κ1) is 18.3. The second-order valence-corrected chi connectivity index (χ2v) is 9.01. The summed E-state index contributed by atoms with van der Waals surface area (Å²) in [5.41, 5.74) is 3.01. The van der Waals surface area contributed by atoms with Crippen molar-refractivity contribution in [3.05, 3.63) is 54.0 Å². The Bertz CT molecular complexity index is 1100. The van der Waals surface area contributed by atoms with E-state index >= 15 is 0 Å². The molecule has 6 nitrogen and oxygen atoms in total. The van der Waals surface area contributed by atoms with E-state index in [0.717, 1.165) is 5.56 Å². The lowest BCUT2D eigenvalue weighted by atomic mass is 10.1. The molecule has 1 heterocycles. The molecule has 1 unspecified atom stereocenters. The van der Waals surface area contributed by atoms with Crippen LogP contribution >= 0.6 is 11.6 Å². The molecule has 3 aromatic rings. The first-order valence-electron chi connectivity index (χ1n) is 7.78. The number of alkyl halides is 1. The molecule has 0 amide bonds. The molecule has 1 N–H and O–H groups in total. The lowest BCUT2D eigenvalue weighted by molar-refractivity contribution is 0.112. The topological polar surface area (TPSA) is 89.0 Å². The molecular formula is C18H16ClN3O3S. The van der Waals surface area contributed by atoms with Gasteiger partial charge in [-0.25, -0.2) is 18.4 Å². The van der Waals surface area contributed by atoms with Gasteiger partial charge in [-0.1, -0.05) is 6.07 Å². The van der Waals surface area contributed by atoms with E-state index in [1.165, 1.54) is 25.4 Å². The number of aryl methyl sites for hydroxylation is 1. The highest BCUT2D eigenvalue weighted by molar-refractivity contribution is 7.93. The number of nitrogens with zero attached hydrogens (tertiary/aromatic N) is 2. The van der Waals surface area contributed by atoms with Gasteiger partial charge in [0.25, 0.3) is 0 Å². The zero-order chi connectivity index (χ0) is 18.9. The highest BCUT2D eigenvalue weighted by Gasteiger charge is 2.21. The number of sulfone groups is 1. The Labute approximate surface area is 156 Å². The van der Waals surface area contributed by atoms with Crippen LogP contribution in [0.3, 0.4) is 0 Å². The van der Waals surface area contributed by atoms with Gasteiger partial charge in [0, 0.05) is 11.1 Å². The third-order valence-corrected chi connectivity index (χ3v) is 6.36. The summed E-state index contributed by atoms with van der Waals surface area (Å²) in [6.07, 6.45) is 2.00. The Hall–Kier alpha value is -2.51. The minimum Gasteiger partial charge on any atom is -0.354 e. The van der Waals surface area contributed by atoms with Gasteiger partial charge in [0.05, 0.1) is 16.1 Å². The number of hydrogen-bond acceptors (Lipinski definition) is 6. The number of carbonyl (C=O) groups excluding carboxylic acids is 1. The van der Waals surface area contributed by atoms with Crippen molar-refractivity contribution in [2.45, 2.75) is 23.5 Å². The number of rotatable bonds is 5. The molecule has 1 atom stereocenters. The van der Waals surface area contributed by atoms with Crippen LogP contribution in [-0.4, -0.2) is 29.4 Å². The number of anilines is 2. The summed E-state index contributed by atoms with van der Waals surface area (Å²) in [4.78, 5) is 19.6. The third kappa shape index (κ3) is 3.40. The third-order valence-electron chi connectivity index (χ3n) is 3.89. The van der Waals surface area contributed by atoms with Gasteiger partial charge in [-0.15, -0.1) is 11.6 Å². The maximum atomic E-state index is 12.3. The van der Waals surface area contributed by atoms with E-state index in [1.54, 1.807) is 12.1 Å². The zero-order valence-corrected chi connectivity index (χ0v) is 15.7. The molecule has 8 heteroatoms. The minimum atomic E-state index is -3.60. The minimum absolute atomic E-state index is 0.130. The molecule has 0 aliphatic carbocycles. The molecule has 0 spiro atoms. The van der Waals surface area contributed by atoms with Crippen molar-refractivity contribution in [2.24, 2.45) is 0 Å². The van der Waals surface area contributed by atoms with Crippen molar-refractivity contribution in [3.63, 3.8) is 0 Å². The molecule has 26 heavy (non-hydrogen) atoms. The summed E-state index contributed by atoms with van der Waals surface area (Å²) in [5.74, 6) is 0. The predicted octanol–water partition coefficient (Wildman–Crippen LogP) is 3.85. The highest BCUT2D eigenvalue weighted by atomic mass is 35.5. The number of fused-ring (bicyclic) bond motifs is 1. The molecule has 0 fully saturated rings. The average Bonchev–Trinajstić information content (AvgIpc) is 2.61. The smallest absolute Gasteiger partial charge is 0.194 e. The van der Waals surface area contributed by atoms with Gasteiger partial charge in [0.15, 0.2) is 16.1 Å². The van der Waals surface area contributed by atoms with Crippen LogP contribution in [0.15, 0.2) is 47.6 Å². The van der Waals surface area contributed by atoms with Crippen molar-refractivity contribution in [1.29, 1.82) is 0 Å². The summed E-state index contributed by atoms with van der Waals surface area (Å²) < 4.78 is 23.5. The van der Waals surface area contributed by atoms with E-state index in [2.05, 4.69) is 15.3 Å². The molecule has 0 radical (unpaired) electrons. The predicted molar refractivity (Wildman–Crippen MR) is 102 cm³/mol. The van der Waals surface area contributed by atoms with Crippen LogP contribution in [0.1, 0.15) is 23.0 Å². The fourth-order valence-corrected chi connectivity index (χ4v) is 3.86. The second kappa shape index (κ2) is 7.01. The number of carbonyl (C=O) groups is 1. The maximum Gasteiger partial charge on any atom is 0.194 e. The Morgan fingerprint density at radius 1 is 1.19 bits per heavy atom. The molecule has 0 saturated carbocycles. The molecular weight excluding hydrogens is 374 g/mol. The standard InChI is InChI=1S/C18H16ClN3O3S/c1-11-6-15-17(9-23)20-10-21-18(15)16(7-11)22-13-4-3-5-14(8-13)26(24,25)12(2)19/h3-10,12,22H,1-2H3. The number of halogens is 1. The normalized spacial score (nSPS) is 12.7. The van der Waals surface area contributed by atoms with E-state index in [4.69, 9.17) is 11.6 Å². The molecule has 0 saturated heterocycles. The summed E-state index contributed by atoms with van der Waals surface area (Å²) >= 11 is 5.79. The molecule has 2 aromatic carbocycles. The quantitative estimate of drug-likeness (QED) is 0.526. The van der Waals surface area contributed by atoms with Crippen LogP contribution in [0.5, 0.6) is 0 Å². The van der Waals surface area contributed by atoms with Crippen LogP contribution in [0.25, 0.3) is 10.9 Å². The van der Waals surface area contributed by atoms with Crippen LogP contribution in [0.4, 0.5) is 11.4 Å². The number of benzene rings is 2. The summed E-state index contributed by atoms with van der Waals surface area (Å²) in [7, 11) is -3.60. The highest BCUT2D eigenvalue weighted by Crippen LogP contribution is 2.29. The maximum absolute atomic E-state index is 12.3. The Morgan fingerprint density at radius 2 is 1.96 bits per heavy atom. The number of nitrogens with one attached hydrogen (secondary N) is 1. The van der Waals surface area contributed by atoms with E-state index < -0.39 is 14.5 Å². The lowest BCUT2D eigenvalue weighted by Gasteiger charge is -2.13. The fraction of sp³-hybridized carbons (Fsp3) is 0.167. The van der Waals surface area contributed by atoms with E-state index in [9.17, 15) is 13.2 Å². The Kier molecular flexibility index (Phi) is 4.93. The van der Waals surface area contributed by atoms with Crippen LogP contribution < -0.4 is 5.32 Å². The fourth-order valence-electron chi connectivity index (χ4n) is 2.61. The van der Waals surface area contributed by atoms with Gasteiger partial charge in [-0.05, 0) is 49.7 Å². The summed E-state index contributed by atoms with van der Waals surface area (Å²) in [5, 5.41) is 3.80. The van der Waals surface area contributed by atoms with Crippen molar-refractivity contribution in [2.75, 3.05) is 5.32 Å². The van der Waals surface area contributed by atoms with Crippen LogP contribution in [0, 0.1) is 6.92 Å². The average molecular weight is 390 g/mol. The molecule has 0 aliphatic rings. The van der Waals surface area contributed by atoms with Crippen LogP contribution in [0.2, 0.25) is 0 Å². The monoisotopic (exact) mass is 389 g/mol. The largest absolute Gasteiger partial charge is 0.354 e. The summed E-state index contributed by atoms with van der Waals surface area (Å²) in [6.45, 7) is 3.31. The summed E-state index contributed by atoms with van der Waals surface area (Å²) in [6, 6.07) is 10.1. The van der Waals surface area contributed by atoms with Crippen molar-refractivity contribution in [1.82, 2.24) is 9.97 Å². The second-order valence-electron chi connectivity index (χ2n) is 5.83. The molecule has 134 valence electrons. The lowest BCUT2D eigenvalue weighted by Crippen LogP contribution is -2.11. The number of aldehydes is 1. The van der Waals surface area contributed by atoms with E-state index in [1.807, 2.05) is 19.1 Å². The van der Waals surface area contributed by atoms with Crippen molar-refractivity contribution < 1.29 is 13.2 Å². The molecule has 1 aromatic heterocycles. The first-order chi connectivity index (χ1) is 12.3. The van der Waals surface area contributed by atoms with Gasteiger partial charge in [-0.3, -0.25) is 4.79 Å². The first-order valence-corrected chi connectivity index (χ1v) is 9.77. The molecule has 0 aliphatic heterocycles. The molecule has 3 rings (SSSR count). The van der Waals surface area contributed by atoms with E-state index in [0.29, 0.717) is 34.3 Å². The van der Waals surface area contributed by atoms with Crippen LogP contribution in [-0.2, 0) is 9.84 Å². The van der Waals surface area contributed by atoms with Gasteiger partial charge < -0.3 is 5.32 Å². The van der Waals surface area contributed by atoms with Gasteiger partial charge in [-0.2, -0.15) is 0 Å². The van der Waals surface area contributed by atoms with Crippen molar-refractivity contribution >= 4 is 50.0 Å². The Morgan fingerprint density at radius 3 is 2.65 bits per heavy atom. The van der Waals surface area contributed by atoms with Crippen molar-refractivity contribution in [3.8, 4) is 0 Å². The Balaban J connectivity index is 2.09. The zero-order valence-electron chi connectivity index (χ0n) is 14.1. The van der Waals surface area contributed by atoms with Gasteiger partial charge >= 0.3 is 0 Å². The van der Waals surface area contributed by atoms with E-state index in [-0.39, 0.29) is 4.90 Å². The van der Waals surface area contributed by atoms with Gasteiger partial charge in [0.2, 0.25) is 0 Å². The number of hydrogen-bond donors (Lipinski definition) is 1.